The number of fused-ring (bicyclic) bond motifs is 2. The molecule has 2 aromatic heterocycles. The van der Waals surface area contributed by atoms with Crippen molar-refractivity contribution in [2.24, 2.45) is 14.1 Å². The maximum Gasteiger partial charge on any atom is 0.113 e. The van der Waals surface area contributed by atoms with Crippen molar-refractivity contribution >= 4 is 22.1 Å². The molecular weight excluding hydrogens is 298 g/mol. The molecule has 2 heterocycles. The van der Waals surface area contributed by atoms with Gasteiger partial charge in [0.1, 0.15) is 11.0 Å². The Bertz CT molecular complexity index is 804. The quantitative estimate of drug-likeness (QED) is 0.475. The predicted molar refractivity (Wildman–Crippen MR) is 102 cm³/mol. The van der Waals surface area contributed by atoms with E-state index in [2.05, 4.69) is 21.2 Å². The van der Waals surface area contributed by atoms with Crippen molar-refractivity contribution in [3.05, 3.63) is 54.9 Å². The normalized spacial score (nSPS) is 9.25. The Morgan fingerprint density at radius 2 is 1.12 bits per heavy atom. The van der Waals surface area contributed by atoms with Gasteiger partial charge < -0.3 is 4.57 Å². The van der Waals surface area contributed by atoms with E-state index in [-0.39, 0.29) is 0 Å². The Balaban J connectivity index is 0.000000199. The summed E-state index contributed by atoms with van der Waals surface area (Å²) in [6, 6.07) is 15.9. The lowest BCUT2D eigenvalue weighted by Gasteiger charge is -1.90. The number of rotatable bonds is 0. The van der Waals surface area contributed by atoms with Crippen LogP contribution in [0.2, 0.25) is 0 Å². The van der Waals surface area contributed by atoms with Gasteiger partial charge in [0.2, 0.25) is 0 Å². The molecule has 0 saturated heterocycles. The van der Waals surface area contributed by atoms with E-state index < -0.39 is 0 Å². The molecular formula is C19H27N5. The van der Waals surface area contributed by atoms with Crippen LogP contribution in [-0.2, 0) is 14.1 Å². The van der Waals surface area contributed by atoms with Crippen LogP contribution in [0.3, 0.4) is 0 Å². The molecule has 0 atom stereocenters. The Kier molecular flexibility index (Phi) is 8.19. The highest BCUT2D eigenvalue weighted by molar-refractivity contribution is 5.74. The van der Waals surface area contributed by atoms with E-state index in [1.165, 1.54) is 5.52 Å². The molecule has 2 aromatic carbocycles. The van der Waals surface area contributed by atoms with Crippen LogP contribution in [-0.4, -0.2) is 24.5 Å². The molecule has 0 aliphatic heterocycles. The Hall–Kier alpha value is -2.69. The van der Waals surface area contributed by atoms with Gasteiger partial charge in [0.05, 0.1) is 17.4 Å². The molecule has 0 spiro atoms. The second-order valence-corrected chi connectivity index (χ2v) is 4.52. The van der Waals surface area contributed by atoms with E-state index in [0.29, 0.717) is 0 Å². The second-order valence-electron chi connectivity index (χ2n) is 4.52. The van der Waals surface area contributed by atoms with E-state index in [9.17, 15) is 0 Å². The number of benzene rings is 2. The van der Waals surface area contributed by atoms with E-state index in [1.807, 2.05) is 95.1 Å². The molecule has 4 aromatic rings. The molecule has 0 amide bonds. The van der Waals surface area contributed by atoms with Gasteiger partial charge in [-0.1, -0.05) is 52.0 Å². The first-order valence-electron chi connectivity index (χ1n) is 8.36. The molecule has 4 rings (SSSR count). The van der Waals surface area contributed by atoms with Crippen molar-refractivity contribution in [2.75, 3.05) is 0 Å². The SMILES string of the molecule is CC.CC.Cn1cnc2ccccc21.Cn1nc2ccccc2n1. The molecule has 0 unspecified atom stereocenters. The van der Waals surface area contributed by atoms with Crippen molar-refractivity contribution in [1.82, 2.24) is 24.5 Å². The van der Waals surface area contributed by atoms with E-state index in [4.69, 9.17) is 0 Å². The largest absolute Gasteiger partial charge is 0.334 e. The summed E-state index contributed by atoms with van der Waals surface area (Å²) in [5.74, 6) is 0. The molecule has 0 fully saturated rings. The number of aromatic nitrogens is 5. The third-order valence-electron chi connectivity index (χ3n) is 3.02. The van der Waals surface area contributed by atoms with Crippen LogP contribution in [0, 0.1) is 0 Å². The first kappa shape index (κ1) is 19.4. The fraction of sp³-hybridized carbons (Fsp3) is 0.316. The zero-order valence-electron chi connectivity index (χ0n) is 15.4. The Labute approximate surface area is 143 Å². The van der Waals surface area contributed by atoms with Crippen molar-refractivity contribution in [3.63, 3.8) is 0 Å². The summed E-state index contributed by atoms with van der Waals surface area (Å²) in [5.41, 5.74) is 4.14. The number of imidazole rings is 1. The number of hydrogen-bond donors (Lipinski definition) is 0. The predicted octanol–water partition coefficient (Wildman–Crippen LogP) is 4.59. The summed E-state index contributed by atoms with van der Waals surface area (Å²) < 4.78 is 2.01. The van der Waals surface area contributed by atoms with Crippen LogP contribution >= 0.6 is 0 Å². The zero-order chi connectivity index (χ0) is 17.9. The fourth-order valence-electron chi connectivity index (χ4n) is 2.05. The third-order valence-corrected chi connectivity index (χ3v) is 3.02. The van der Waals surface area contributed by atoms with Crippen LogP contribution < -0.4 is 0 Å². The Morgan fingerprint density at radius 3 is 1.62 bits per heavy atom. The minimum Gasteiger partial charge on any atom is -0.334 e. The van der Waals surface area contributed by atoms with Crippen LogP contribution in [0.4, 0.5) is 0 Å². The summed E-state index contributed by atoms with van der Waals surface area (Å²) in [6.07, 6.45) is 1.82. The van der Waals surface area contributed by atoms with Gasteiger partial charge in [-0.2, -0.15) is 15.0 Å². The standard InChI is InChI=1S/C8H8N2.C7H7N3.2C2H6/c1-10-6-9-7-4-2-3-5-8(7)10;1-10-8-6-4-2-3-5-7(6)9-10;2*1-2/h2-6H,1H3;2-5H,1H3;2*1-2H3. The summed E-state index contributed by atoms with van der Waals surface area (Å²) in [6.45, 7) is 8.00. The highest BCUT2D eigenvalue weighted by atomic mass is 15.4. The molecule has 0 N–H and O–H groups in total. The summed E-state index contributed by atoms with van der Waals surface area (Å²) >= 11 is 0. The molecule has 24 heavy (non-hydrogen) atoms. The smallest absolute Gasteiger partial charge is 0.113 e. The molecule has 0 saturated carbocycles. The minimum atomic E-state index is 0.949. The van der Waals surface area contributed by atoms with Crippen LogP contribution in [0.1, 0.15) is 27.7 Å². The summed E-state index contributed by atoms with van der Waals surface area (Å²) in [7, 11) is 3.81. The van der Waals surface area contributed by atoms with Crippen molar-refractivity contribution in [3.8, 4) is 0 Å². The molecule has 0 bridgehead atoms. The summed E-state index contributed by atoms with van der Waals surface area (Å²) in [5, 5.41) is 8.24. The lowest BCUT2D eigenvalue weighted by atomic mass is 10.3. The van der Waals surface area contributed by atoms with Crippen LogP contribution in [0.5, 0.6) is 0 Å². The Morgan fingerprint density at radius 1 is 0.667 bits per heavy atom. The van der Waals surface area contributed by atoms with E-state index in [1.54, 1.807) is 4.80 Å². The number of hydrogen-bond acceptors (Lipinski definition) is 3. The fourth-order valence-corrected chi connectivity index (χ4v) is 2.05. The zero-order valence-corrected chi connectivity index (χ0v) is 15.4. The highest BCUT2D eigenvalue weighted by Gasteiger charge is 1.95. The number of para-hydroxylation sites is 2. The molecule has 0 radical (unpaired) electrons. The average molecular weight is 325 g/mol. The van der Waals surface area contributed by atoms with Crippen molar-refractivity contribution in [2.45, 2.75) is 27.7 Å². The highest BCUT2D eigenvalue weighted by Crippen LogP contribution is 2.08. The summed E-state index contributed by atoms with van der Waals surface area (Å²) in [4.78, 5) is 5.76. The molecule has 5 nitrogen and oxygen atoms in total. The first-order chi connectivity index (χ1) is 11.7. The molecule has 0 aliphatic rings. The molecule has 128 valence electrons. The number of aryl methyl sites for hydroxylation is 2. The third kappa shape index (κ3) is 4.91. The maximum atomic E-state index is 4.18. The minimum absolute atomic E-state index is 0.949. The van der Waals surface area contributed by atoms with E-state index in [0.717, 1.165) is 16.6 Å². The average Bonchev–Trinajstić information content (AvgIpc) is 3.21. The van der Waals surface area contributed by atoms with Gasteiger partial charge in [-0.05, 0) is 24.3 Å². The van der Waals surface area contributed by atoms with Gasteiger partial charge in [-0.15, -0.1) is 0 Å². The van der Waals surface area contributed by atoms with Crippen molar-refractivity contribution < 1.29 is 0 Å². The number of nitrogens with zero attached hydrogens (tertiary/aromatic N) is 5. The van der Waals surface area contributed by atoms with Gasteiger partial charge in [0.15, 0.2) is 0 Å². The van der Waals surface area contributed by atoms with Gasteiger partial charge in [0.25, 0.3) is 0 Å². The lowest BCUT2D eigenvalue weighted by Crippen LogP contribution is -1.90. The lowest BCUT2D eigenvalue weighted by molar-refractivity contribution is 0.665. The molecule has 5 heteroatoms. The van der Waals surface area contributed by atoms with E-state index >= 15 is 0 Å². The van der Waals surface area contributed by atoms with Crippen LogP contribution in [0.15, 0.2) is 54.9 Å². The first-order valence-corrected chi connectivity index (χ1v) is 8.36. The second kappa shape index (κ2) is 10.2. The molecule has 0 aliphatic carbocycles. The van der Waals surface area contributed by atoms with Gasteiger partial charge >= 0.3 is 0 Å². The van der Waals surface area contributed by atoms with Gasteiger partial charge in [-0.3, -0.25) is 0 Å². The topological polar surface area (TPSA) is 48.5 Å². The van der Waals surface area contributed by atoms with Crippen LogP contribution in [0.25, 0.3) is 22.1 Å². The monoisotopic (exact) mass is 325 g/mol. The maximum absolute atomic E-state index is 4.18. The van der Waals surface area contributed by atoms with Gasteiger partial charge in [-0.25, -0.2) is 4.98 Å². The van der Waals surface area contributed by atoms with Gasteiger partial charge in [0, 0.05) is 14.1 Å². The van der Waals surface area contributed by atoms with Crippen molar-refractivity contribution in [1.29, 1.82) is 0 Å².